The van der Waals surface area contributed by atoms with Crippen LogP contribution in [-0.4, -0.2) is 51.6 Å². The molecule has 0 radical (unpaired) electrons. The smallest absolute Gasteiger partial charge is 0.297 e. The summed E-state index contributed by atoms with van der Waals surface area (Å²) < 4.78 is 12.2. The Morgan fingerprint density at radius 3 is 2.80 bits per heavy atom. The van der Waals surface area contributed by atoms with Crippen LogP contribution < -0.4 is 5.56 Å². The minimum Gasteiger partial charge on any atom is -0.430 e. The van der Waals surface area contributed by atoms with Gasteiger partial charge in [0.25, 0.3) is 5.56 Å². The molecule has 1 aliphatic heterocycles. The molecule has 0 aromatic carbocycles. The molecule has 0 unspecified atom stereocenters. The van der Waals surface area contributed by atoms with E-state index in [2.05, 4.69) is 9.97 Å². The van der Waals surface area contributed by atoms with Gasteiger partial charge in [-0.25, -0.2) is 9.97 Å². The van der Waals surface area contributed by atoms with Gasteiger partial charge < -0.3 is 14.1 Å². The third-order valence-corrected chi connectivity index (χ3v) is 4.55. The van der Waals surface area contributed by atoms with Crippen LogP contribution in [0.15, 0.2) is 21.6 Å². The van der Waals surface area contributed by atoms with Crippen molar-refractivity contribution in [2.75, 3.05) is 26.3 Å². The number of morpholine rings is 1. The summed E-state index contributed by atoms with van der Waals surface area (Å²) in [5, 5.41) is 0.710. The molecule has 8 nitrogen and oxygen atoms in total. The third-order valence-electron chi connectivity index (χ3n) is 4.55. The molecular formula is C17H18N4O4. The summed E-state index contributed by atoms with van der Waals surface area (Å²) in [6.07, 6.45) is 1.40. The first-order valence-corrected chi connectivity index (χ1v) is 8.16. The summed E-state index contributed by atoms with van der Waals surface area (Å²) in [7, 11) is 0. The van der Waals surface area contributed by atoms with E-state index in [9.17, 15) is 9.59 Å². The highest BCUT2D eigenvalue weighted by atomic mass is 16.5. The first-order valence-electron chi connectivity index (χ1n) is 8.16. The molecule has 1 amide bonds. The largest absolute Gasteiger partial charge is 0.430 e. The van der Waals surface area contributed by atoms with Gasteiger partial charge in [-0.15, -0.1) is 0 Å². The van der Waals surface area contributed by atoms with Gasteiger partial charge in [0, 0.05) is 18.8 Å². The first-order chi connectivity index (χ1) is 12.0. The van der Waals surface area contributed by atoms with Crippen molar-refractivity contribution in [3.8, 4) is 0 Å². The number of amides is 1. The van der Waals surface area contributed by atoms with E-state index in [1.165, 1.54) is 10.9 Å². The Bertz CT molecular complexity index is 1030. The molecule has 4 heterocycles. The molecule has 0 spiro atoms. The van der Waals surface area contributed by atoms with E-state index >= 15 is 0 Å². The molecule has 1 fully saturated rings. The summed E-state index contributed by atoms with van der Waals surface area (Å²) >= 11 is 0. The monoisotopic (exact) mass is 342 g/mol. The molecule has 25 heavy (non-hydrogen) atoms. The lowest BCUT2D eigenvalue weighted by molar-refractivity contribution is -0.135. The van der Waals surface area contributed by atoms with Gasteiger partial charge in [-0.3, -0.25) is 14.2 Å². The van der Waals surface area contributed by atoms with Crippen LogP contribution in [0.25, 0.3) is 22.2 Å². The van der Waals surface area contributed by atoms with Gasteiger partial charge in [0.2, 0.25) is 17.2 Å². The maximum absolute atomic E-state index is 12.7. The lowest BCUT2D eigenvalue weighted by Gasteiger charge is -2.26. The van der Waals surface area contributed by atoms with Crippen molar-refractivity contribution >= 4 is 28.1 Å². The van der Waals surface area contributed by atoms with E-state index in [1.54, 1.807) is 4.90 Å². The summed E-state index contributed by atoms with van der Waals surface area (Å²) in [6.45, 7) is 5.88. The summed E-state index contributed by atoms with van der Waals surface area (Å²) in [5.41, 5.74) is 2.47. The quantitative estimate of drug-likeness (QED) is 0.690. The van der Waals surface area contributed by atoms with E-state index < -0.39 is 0 Å². The van der Waals surface area contributed by atoms with Crippen LogP contribution in [0.5, 0.6) is 0 Å². The van der Waals surface area contributed by atoms with Crippen molar-refractivity contribution in [2.24, 2.45) is 0 Å². The number of fused-ring (bicyclic) bond motifs is 3. The fraction of sp³-hybridized carbons (Fsp3) is 0.412. The Labute approximate surface area is 143 Å². The molecule has 0 atom stereocenters. The third kappa shape index (κ3) is 2.68. The van der Waals surface area contributed by atoms with Gasteiger partial charge in [-0.2, -0.15) is 0 Å². The molecule has 3 aromatic heterocycles. The van der Waals surface area contributed by atoms with Crippen molar-refractivity contribution in [3.63, 3.8) is 0 Å². The highest BCUT2D eigenvalue weighted by Gasteiger charge is 2.20. The van der Waals surface area contributed by atoms with Crippen molar-refractivity contribution in [1.29, 1.82) is 0 Å². The summed E-state index contributed by atoms with van der Waals surface area (Å²) in [4.78, 5) is 35.4. The molecule has 130 valence electrons. The molecule has 0 N–H and O–H groups in total. The Balaban J connectivity index is 1.73. The lowest BCUT2D eigenvalue weighted by Crippen LogP contribution is -2.43. The number of aryl methyl sites for hydroxylation is 2. The van der Waals surface area contributed by atoms with Crippen LogP contribution in [-0.2, 0) is 16.1 Å². The minimum absolute atomic E-state index is 0.0652. The van der Waals surface area contributed by atoms with Gasteiger partial charge in [-0.05, 0) is 25.5 Å². The van der Waals surface area contributed by atoms with Crippen molar-refractivity contribution in [3.05, 3.63) is 34.0 Å². The Hall–Kier alpha value is -2.74. The second-order valence-corrected chi connectivity index (χ2v) is 6.19. The Morgan fingerprint density at radius 1 is 1.28 bits per heavy atom. The molecule has 4 rings (SSSR count). The number of ether oxygens (including phenoxy) is 1. The molecule has 0 aliphatic carbocycles. The van der Waals surface area contributed by atoms with Crippen LogP contribution in [0, 0.1) is 13.8 Å². The first kappa shape index (κ1) is 15.8. The van der Waals surface area contributed by atoms with Gasteiger partial charge in [0.15, 0.2) is 0 Å². The Kier molecular flexibility index (Phi) is 3.76. The number of carbonyl (C=O) groups excluding carboxylic acids is 1. The lowest BCUT2D eigenvalue weighted by atomic mass is 10.2. The molecule has 0 saturated carbocycles. The number of aromatic nitrogens is 3. The van der Waals surface area contributed by atoms with Gasteiger partial charge in [-0.1, -0.05) is 0 Å². The van der Waals surface area contributed by atoms with Crippen LogP contribution >= 0.6 is 0 Å². The number of nitrogens with zero attached hydrogens (tertiary/aromatic N) is 4. The highest BCUT2D eigenvalue weighted by Crippen LogP contribution is 2.25. The number of hydrogen-bond acceptors (Lipinski definition) is 6. The zero-order chi connectivity index (χ0) is 17.6. The number of furan rings is 1. The maximum atomic E-state index is 12.7. The number of carbonyl (C=O) groups is 1. The minimum atomic E-state index is -0.375. The highest BCUT2D eigenvalue weighted by molar-refractivity contribution is 6.00. The molecule has 3 aromatic rings. The summed E-state index contributed by atoms with van der Waals surface area (Å²) in [6, 6.07) is 1.92. The molecule has 1 aliphatic rings. The number of rotatable bonds is 2. The predicted octanol–water partition coefficient (Wildman–Crippen LogP) is 1.01. The van der Waals surface area contributed by atoms with Crippen LogP contribution in [0.2, 0.25) is 0 Å². The van der Waals surface area contributed by atoms with Gasteiger partial charge in [0.1, 0.15) is 12.1 Å². The van der Waals surface area contributed by atoms with E-state index in [4.69, 9.17) is 9.15 Å². The van der Waals surface area contributed by atoms with Crippen LogP contribution in [0.4, 0.5) is 0 Å². The predicted molar refractivity (Wildman–Crippen MR) is 90.4 cm³/mol. The average Bonchev–Trinajstić information content (AvgIpc) is 2.97. The fourth-order valence-corrected chi connectivity index (χ4v) is 2.95. The van der Waals surface area contributed by atoms with Crippen molar-refractivity contribution in [1.82, 2.24) is 19.4 Å². The standard InChI is InChI=1S/C17H18N4O4/c1-10-7-12-14-15(25-16(12)19-11(10)2)17(23)21(9-18-14)8-13(22)20-3-5-24-6-4-20/h7,9H,3-6,8H2,1-2H3. The maximum Gasteiger partial charge on any atom is 0.297 e. The molecule has 1 saturated heterocycles. The fourth-order valence-electron chi connectivity index (χ4n) is 2.95. The van der Waals surface area contributed by atoms with Crippen LogP contribution in [0.1, 0.15) is 11.3 Å². The van der Waals surface area contributed by atoms with Crippen molar-refractivity contribution in [2.45, 2.75) is 20.4 Å². The van der Waals surface area contributed by atoms with Gasteiger partial charge in [0.05, 0.1) is 24.9 Å². The average molecular weight is 342 g/mol. The zero-order valence-corrected chi connectivity index (χ0v) is 14.1. The second kappa shape index (κ2) is 5.96. The van der Waals surface area contributed by atoms with E-state index in [0.29, 0.717) is 42.9 Å². The molecule has 8 heteroatoms. The van der Waals surface area contributed by atoms with Gasteiger partial charge >= 0.3 is 0 Å². The SMILES string of the molecule is Cc1cc2c(nc1C)oc1c(=O)n(CC(=O)N3CCOCC3)cnc12. The second-order valence-electron chi connectivity index (χ2n) is 6.19. The zero-order valence-electron chi connectivity index (χ0n) is 14.1. The van der Waals surface area contributed by atoms with E-state index in [-0.39, 0.29) is 23.6 Å². The van der Waals surface area contributed by atoms with E-state index in [1.807, 2.05) is 19.9 Å². The summed E-state index contributed by atoms with van der Waals surface area (Å²) in [5.74, 6) is -0.132. The molecule has 0 bridgehead atoms. The van der Waals surface area contributed by atoms with E-state index in [0.717, 1.165) is 11.3 Å². The topological polar surface area (TPSA) is 90.5 Å². The normalized spacial score (nSPS) is 15.2. The molecular weight excluding hydrogens is 324 g/mol. The number of hydrogen-bond donors (Lipinski definition) is 0. The number of pyridine rings is 1. The Morgan fingerprint density at radius 2 is 2.04 bits per heavy atom. The van der Waals surface area contributed by atoms with Crippen molar-refractivity contribution < 1.29 is 13.9 Å². The van der Waals surface area contributed by atoms with Crippen LogP contribution in [0.3, 0.4) is 0 Å².